The molecule has 0 aliphatic heterocycles. The predicted octanol–water partition coefficient (Wildman–Crippen LogP) is 3.41. The highest BCUT2D eigenvalue weighted by Crippen LogP contribution is 2.26. The van der Waals surface area contributed by atoms with E-state index in [2.05, 4.69) is 51.7 Å². The van der Waals surface area contributed by atoms with Crippen molar-refractivity contribution in [2.45, 2.75) is 33.1 Å². The molecule has 0 saturated carbocycles. The van der Waals surface area contributed by atoms with Gasteiger partial charge in [-0.05, 0) is 22.4 Å². The molecule has 0 aliphatic carbocycles. The number of aromatic amines is 1. The van der Waals surface area contributed by atoms with Crippen molar-refractivity contribution in [3.05, 3.63) is 22.2 Å². The van der Waals surface area contributed by atoms with Crippen LogP contribution in [0.3, 0.4) is 0 Å². The molecule has 0 radical (unpaired) electrons. The van der Waals surface area contributed by atoms with Crippen LogP contribution in [0.1, 0.15) is 38.2 Å². The molecule has 0 aliphatic rings. The summed E-state index contributed by atoms with van der Waals surface area (Å²) in [4.78, 5) is 12.3. The largest absolute Gasteiger partial charge is 0.345 e. The number of rotatable bonds is 2. The number of halogens is 1. The van der Waals surface area contributed by atoms with Crippen LogP contribution >= 0.6 is 15.9 Å². The molecule has 3 nitrogen and oxygen atoms in total. The van der Waals surface area contributed by atoms with E-state index in [0.29, 0.717) is 5.92 Å². The molecule has 0 atom stereocenters. The third kappa shape index (κ3) is 1.78. The maximum Gasteiger partial charge on any atom is 0.142 e. The number of H-pyrrole nitrogens is 1. The van der Waals surface area contributed by atoms with Crippen LogP contribution in [-0.2, 0) is 6.42 Å². The van der Waals surface area contributed by atoms with Crippen LogP contribution in [0.15, 0.2) is 10.7 Å². The zero-order valence-electron chi connectivity index (χ0n) is 9.13. The van der Waals surface area contributed by atoms with Crippen LogP contribution in [-0.4, -0.2) is 15.0 Å². The lowest BCUT2D eigenvalue weighted by atomic mass is 10.2. The fraction of sp³-hybridized carbons (Fsp3) is 0.455. The summed E-state index contributed by atoms with van der Waals surface area (Å²) in [5, 5.41) is 1.11. The van der Waals surface area contributed by atoms with Crippen LogP contribution in [0, 0.1) is 0 Å². The Bertz CT molecular complexity index is 488. The number of nitrogens with zero attached hydrogens (tertiary/aromatic N) is 2. The molecule has 80 valence electrons. The van der Waals surface area contributed by atoms with Gasteiger partial charge in [-0.15, -0.1) is 0 Å². The zero-order valence-corrected chi connectivity index (χ0v) is 10.7. The molecule has 4 heteroatoms. The molecule has 0 aromatic carbocycles. The molecule has 2 rings (SSSR count). The fourth-order valence-electron chi connectivity index (χ4n) is 1.60. The van der Waals surface area contributed by atoms with Crippen molar-refractivity contribution in [1.82, 2.24) is 15.0 Å². The zero-order chi connectivity index (χ0) is 11.0. The second-order valence-electron chi connectivity index (χ2n) is 3.90. The van der Waals surface area contributed by atoms with Gasteiger partial charge in [-0.1, -0.05) is 20.8 Å². The number of nitrogens with one attached hydrogen (secondary N) is 1. The lowest BCUT2D eigenvalue weighted by Crippen LogP contribution is -2.01. The Kier molecular flexibility index (Phi) is 2.78. The van der Waals surface area contributed by atoms with Crippen molar-refractivity contribution < 1.29 is 0 Å². The summed E-state index contributed by atoms with van der Waals surface area (Å²) in [6.07, 6.45) is 2.85. The first kappa shape index (κ1) is 10.6. The molecule has 15 heavy (non-hydrogen) atoms. The first-order valence-corrected chi connectivity index (χ1v) is 5.96. The molecule has 0 saturated heterocycles. The van der Waals surface area contributed by atoms with Gasteiger partial charge in [0.15, 0.2) is 0 Å². The summed E-state index contributed by atoms with van der Waals surface area (Å²) in [5.41, 5.74) is 2.04. The quantitative estimate of drug-likeness (QED) is 0.906. The second-order valence-corrected chi connectivity index (χ2v) is 4.75. The predicted molar refractivity (Wildman–Crippen MR) is 65.1 cm³/mol. The molecule has 0 bridgehead atoms. The standard InChI is InChI=1S/C11H14BrN3/c1-4-8-9-7(12)5-13-11(9)15-10(14-8)6(2)3/h5-6H,4H2,1-3H3,(H,13,14,15). The van der Waals surface area contributed by atoms with Crippen LogP contribution in [0.25, 0.3) is 11.0 Å². The molecule has 2 aromatic rings. The van der Waals surface area contributed by atoms with E-state index >= 15 is 0 Å². The van der Waals surface area contributed by atoms with Crippen molar-refractivity contribution in [2.75, 3.05) is 0 Å². The monoisotopic (exact) mass is 267 g/mol. The molecule has 1 N–H and O–H groups in total. The summed E-state index contributed by atoms with van der Waals surface area (Å²) in [7, 11) is 0. The minimum Gasteiger partial charge on any atom is -0.345 e. The molecule has 2 aromatic heterocycles. The highest BCUT2D eigenvalue weighted by atomic mass is 79.9. The van der Waals surface area contributed by atoms with Gasteiger partial charge >= 0.3 is 0 Å². The summed E-state index contributed by atoms with van der Waals surface area (Å²) in [6, 6.07) is 0. The third-order valence-electron chi connectivity index (χ3n) is 2.43. The molecule has 0 fully saturated rings. The van der Waals surface area contributed by atoms with E-state index < -0.39 is 0 Å². The van der Waals surface area contributed by atoms with Crippen LogP contribution in [0.4, 0.5) is 0 Å². The molecular weight excluding hydrogens is 254 g/mol. The number of aromatic nitrogens is 3. The highest BCUT2D eigenvalue weighted by molar-refractivity contribution is 9.10. The first-order valence-electron chi connectivity index (χ1n) is 5.16. The van der Waals surface area contributed by atoms with E-state index in [0.717, 1.165) is 33.4 Å². The van der Waals surface area contributed by atoms with Gasteiger partial charge in [-0.25, -0.2) is 9.97 Å². The Morgan fingerprint density at radius 2 is 2.13 bits per heavy atom. The van der Waals surface area contributed by atoms with Crippen molar-refractivity contribution >= 4 is 27.0 Å². The van der Waals surface area contributed by atoms with E-state index in [4.69, 9.17) is 0 Å². The van der Waals surface area contributed by atoms with Gasteiger partial charge in [0, 0.05) is 16.6 Å². The van der Waals surface area contributed by atoms with E-state index in [-0.39, 0.29) is 0 Å². The summed E-state index contributed by atoms with van der Waals surface area (Å²) >= 11 is 3.51. The lowest BCUT2D eigenvalue weighted by Gasteiger charge is -2.06. The minimum absolute atomic E-state index is 0.363. The Balaban J connectivity index is 2.73. The van der Waals surface area contributed by atoms with Gasteiger partial charge in [0.25, 0.3) is 0 Å². The van der Waals surface area contributed by atoms with Crippen LogP contribution < -0.4 is 0 Å². The van der Waals surface area contributed by atoms with E-state index in [1.165, 1.54) is 0 Å². The fourth-order valence-corrected chi connectivity index (χ4v) is 2.13. The van der Waals surface area contributed by atoms with E-state index in [1.54, 1.807) is 0 Å². The van der Waals surface area contributed by atoms with Gasteiger partial charge in [-0.3, -0.25) is 0 Å². The first-order chi connectivity index (χ1) is 7.13. The molecule has 0 amide bonds. The number of aryl methyl sites for hydroxylation is 1. The highest BCUT2D eigenvalue weighted by Gasteiger charge is 2.12. The van der Waals surface area contributed by atoms with E-state index in [9.17, 15) is 0 Å². The van der Waals surface area contributed by atoms with Crippen molar-refractivity contribution in [3.8, 4) is 0 Å². The molecule has 2 heterocycles. The van der Waals surface area contributed by atoms with Gasteiger partial charge in [0.05, 0.1) is 11.1 Å². The number of fused-ring (bicyclic) bond motifs is 1. The van der Waals surface area contributed by atoms with Gasteiger partial charge < -0.3 is 4.98 Å². The van der Waals surface area contributed by atoms with Crippen molar-refractivity contribution in [3.63, 3.8) is 0 Å². The topological polar surface area (TPSA) is 41.6 Å². The smallest absolute Gasteiger partial charge is 0.142 e. The maximum atomic E-state index is 4.59. The Morgan fingerprint density at radius 3 is 2.73 bits per heavy atom. The van der Waals surface area contributed by atoms with Crippen LogP contribution in [0.2, 0.25) is 0 Å². The SMILES string of the molecule is CCc1nc(C(C)C)nc2[nH]cc(Br)c12. The van der Waals surface area contributed by atoms with Gasteiger partial charge in [-0.2, -0.15) is 0 Å². The number of hydrogen-bond acceptors (Lipinski definition) is 2. The normalized spacial score (nSPS) is 11.5. The lowest BCUT2D eigenvalue weighted by molar-refractivity contribution is 0.768. The average Bonchev–Trinajstić information content (AvgIpc) is 2.59. The Morgan fingerprint density at radius 1 is 1.40 bits per heavy atom. The summed E-state index contributed by atoms with van der Waals surface area (Å²) in [5.74, 6) is 1.27. The van der Waals surface area contributed by atoms with Gasteiger partial charge in [0.2, 0.25) is 0 Å². The third-order valence-corrected chi connectivity index (χ3v) is 3.05. The molecule has 0 spiro atoms. The minimum atomic E-state index is 0.363. The van der Waals surface area contributed by atoms with E-state index in [1.807, 2.05) is 6.20 Å². The second kappa shape index (κ2) is 3.93. The van der Waals surface area contributed by atoms with Crippen LogP contribution in [0.5, 0.6) is 0 Å². The van der Waals surface area contributed by atoms with Crippen molar-refractivity contribution in [2.24, 2.45) is 0 Å². The number of hydrogen-bond donors (Lipinski definition) is 1. The van der Waals surface area contributed by atoms with Crippen molar-refractivity contribution in [1.29, 1.82) is 0 Å². The summed E-state index contributed by atoms with van der Waals surface area (Å²) < 4.78 is 1.05. The van der Waals surface area contributed by atoms with Gasteiger partial charge in [0.1, 0.15) is 11.5 Å². The molecule has 0 unspecified atom stereocenters. The maximum absolute atomic E-state index is 4.59. The Hall–Kier alpha value is -0.900. The Labute approximate surface area is 97.5 Å². The average molecular weight is 268 g/mol. The summed E-state index contributed by atoms with van der Waals surface area (Å²) in [6.45, 7) is 6.34. The molecular formula is C11H14BrN3.